The van der Waals surface area contributed by atoms with Gasteiger partial charge in [0.25, 0.3) is 0 Å². The Labute approximate surface area is 145 Å². The maximum Gasteiger partial charge on any atom is 0.410 e. The molecule has 2 amide bonds. The second-order valence-corrected chi connectivity index (χ2v) is 7.68. The van der Waals surface area contributed by atoms with Crippen LogP contribution in [0.25, 0.3) is 0 Å². The fourth-order valence-corrected chi connectivity index (χ4v) is 2.89. The Kier molecular flexibility index (Phi) is 5.68. The summed E-state index contributed by atoms with van der Waals surface area (Å²) < 4.78 is 6.30. The van der Waals surface area contributed by atoms with E-state index in [9.17, 15) is 9.59 Å². The Balaban J connectivity index is 1.95. The first-order chi connectivity index (χ1) is 10.7. The Morgan fingerprint density at radius 2 is 2.09 bits per heavy atom. The van der Waals surface area contributed by atoms with Crippen molar-refractivity contribution in [1.82, 2.24) is 4.90 Å². The third kappa shape index (κ3) is 5.53. The molecule has 5 nitrogen and oxygen atoms in total. The molecule has 0 aliphatic carbocycles. The number of carbonyl (C=O) groups is 2. The third-order valence-corrected chi connectivity index (χ3v) is 4.03. The minimum atomic E-state index is -0.525. The number of anilines is 1. The molecule has 0 radical (unpaired) electrons. The molecule has 0 saturated carbocycles. The van der Waals surface area contributed by atoms with E-state index >= 15 is 0 Å². The van der Waals surface area contributed by atoms with Crippen molar-refractivity contribution >= 4 is 33.6 Å². The maximum atomic E-state index is 12.4. The number of halogens is 1. The molecular weight excluding hydrogens is 360 g/mol. The second-order valence-electron chi connectivity index (χ2n) is 6.77. The lowest BCUT2D eigenvalue weighted by Gasteiger charge is -2.33. The molecule has 2 rings (SSSR count). The molecule has 0 spiro atoms. The Morgan fingerprint density at radius 1 is 1.35 bits per heavy atom. The number of ether oxygens (including phenoxy) is 1. The summed E-state index contributed by atoms with van der Waals surface area (Å²) in [5, 5.41) is 2.91. The number of hydrogen-bond acceptors (Lipinski definition) is 3. The smallest absolute Gasteiger partial charge is 0.410 e. The van der Waals surface area contributed by atoms with Crippen molar-refractivity contribution in [3.05, 3.63) is 28.7 Å². The molecule has 0 aromatic heterocycles. The summed E-state index contributed by atoms with van der Waals surface area (Å²) in [4.78, 5) is 26.2. The lowest BCUT2D eigenvalue weighted by molar-refractivity contribution is -0.121. The summed E-state index contributed by atoms with van der Waals surface area (Å²) >= 11 is 3.38. The number of carbonyl (C=O) groups excluding carboxylic acids is 2. The van der Waals surface area contributed by atoms with E-state index in [1.807, 2.05) is 45.0 Å². The summed E-state index contributed by atoms with van der Waals surface area (Å²) in [6, 6.07) is 7.47. The zero-order chi connectivity index (χ0) is 17.0. The average Bonchev–Trinajstić information content (AvgIpc) is 2.45. The van der Waals surface area contributed by atoms with Crippen LogP contribution in [0.1, 0.15) is 33.6 Å². The standard InChI is InChI=1S/C17H23BrN2O3/c1-17(2,3)23-16(22)20-9-5-6-12(11-20)15(21)19-14-8-4-7-13(18)10-14/h4,7-8,10,12H,5-6,9,11H2,1-3H3,(H,19,21). The summed E-state index contributed by atoms with van der Waals surface area (Å²) in [5.74, 6) is -0.272. The minimum absolute atomic E-state index is 0.0589. The normalized spacial score (nSPS) is 18.4. The van der Waals surface area contributed by atoms with Crippen LogP contribution >= 0.6 is 15.9 Å². The van der Waals surface area contributed by atoms with E-state index in [1.54, 1.807) is 4.90 Å². The predicted octanol–water partition coefficient (Wildman–Crippen LogP) is 4.03. The number of nitrogens with one attached hydrogen (secondary N) is 1. The zero-order valence-corrected chi connectivity index (χ0v) is 15.4. The molecule has 1 heterocycles. The van der Waals surface area contributed by atoms with Crippen LogP contribution in [0.5, 0.6) is 0 Å². The van der Waals surface area contributed by atoms with Gasteiger partial charge < -0.3 is 15.0 Å². The van der Waals surface area contributed by atoms with Gasteiger partial charge >= 0.3 is 6.09 Å². The highest BCUT2D eigenvalue weighted by Gasteiger charge is 2.31. The fourth-order valence-electron chi connectivity index (χ4n) is 2.49. The highest BCUT2D eigenvalue weighted by Crippen LogP contribution is 2.22. The maximum absolute atomic E-state index is 12.4. The van der Waals surface area contributed by atoms with Gasteiger partial charge in [0.15, 0.2) is 0 Å². The van der Waals surface area contributed by atoms with Crippen molar-refractivity contribution in [3.8, 4) is 0 Å². The fraction of sp³-hybridized carbons (Fsp3) is 0.529. The van der Waals surface area contributed by atoms with E-state index in [0.717, 1.165) is 23.0 Å². The van der Waals surface area contributed by atoms with Crippen LogP contribution in [0.2, 0.25) is 0 Å². The quantitative estimate of drug-likeness (QED) is 0.839. The summed E-state index contributed by atoms with van der Waals surface area (Å²) in [5.41, 5.74) is 0.224. The molecule has 1 N–H and O–H groups in total. The molecule has 1 saturated heterocycles. The highest BCUT2D eigenvalue weighted by molar-refractivity contribution is 9.10. The van der Waals surface area contributed by atoms with Crippen LogP contribution in [0.15, 0.2) is 28.7 Å². The van der Waals surface area contributed by atoms with Gasteiger partial charge in [-0.1, -0.05) is 22.0 Å². The van der Waals surface area contributed by atoms with Gasteiger partial charge in [0.05, 0.1) is 5.92 Å². The van der Waals surface area contributed by atoms with E-state index in [1.165, 1.54) is 0 Å². The summed E-state index contributed by atoms with van der Waals surface area (Å²) in [7, 11) is 0. The number of benzene rings is 1. The van der Waals surface area contributed by atoms with E-state index in [4.69, 9.17) is 4.74 Å². The first-order valence-electron chi connectivity index (χ1n) is 7.79. The Hall–Kier alpha value is -1.56. The SMILES string of the molecule is CC(C)(C)OC(=O)N1CCCC(C(=O)Nc2cccc(Br)c2)C1. The van der Waals surface area contributed by atoms with Crippen LogP contribution < -0.4 is 5.32 Å². The van der Waals surface area contributed by atoms with Crippen molar-refractivity contribution in [2.45, 2.75) is 39.2 Å². The van der Waals surface area contributed by atoms with Crippen LogP contribution in [0.3, 0.4) is 0 Å². The molecular formula is C17H23BrN2O3. The second kappa shape index (κ2) is 7.34. The molecule has 1 aliphatic rings. The first-order valence-corrected chi connectivity index (χ1v) is 8.58. The number of rotatable bonds is 2. The van der Waals surface area contributed by atoms with Gasteiger partial charge in [0.1, 0.15) is 5.60 Å². The summed E-state index contributed by atoms with van der Waals surface area (Å²) in [6.07, 6.45) is 1.23. The molecule has 1 aromatic rings. The van der Waals surface area contributed by atoms with Gasteiger partial charge in [-0.15, -0.1) is 0 Å². The molecule has 23 heavy (non-hydrogen) atoms. The largest absolute Gasteiger partial charge is 0.444 e. The van der Waals surface area contributed by atoms with Crippen molar-refractivity contribution in [1.29, 1.82) is 0 Å². The van der Waals surface area contributed by atoms with E-state index < -0.39 is 5.60 Å². The van der Waals surface area contributed by atoms with Gasteiger partial charge in [-0.2, -0.15) is 0 Å². The van der Waals surface area contributed by atoms with Crippen molar-refractivity contribution < 1.29 is 14.3 Å². The predicted molar refractivity (Wildman–Crippen MR) is 93.3 cm³/mol. The van der Waals surface area contributed by atoms with Crippen molar-refractivity contribution in [3.63, 3.8) is 0 Å². The van der Waals surface area contributed by atoms with Gasteiger partial charge in [0, 0.05) is 23.2 Å². The van der Waals surface area contributed by atoms with Crippen molar-refractivity contribution in [2.75, 3.05) is 18.4 Å². The van der Waals surface area contributed by atoms with Crippen LogP contribution in [-0.2, 0) is 9.53 Å². The Bertz CT molecular complexity index is 583. The highest BCUT2D eigenvalue weighted by atomic mass is 79.9. The number of hydrogen-bond donors (Lipinski definition) is 1. The van der Waals surface area contributed by atoms with Crippen LogP contribution in [-0.4, -0.2) is 35.6 Å². The average molecular weight is 383 g/mol. The number of amides is 2. The van der Waals surface area contributed by atoms with Crippen molar-refractivity contribution in [2.24, 2.45) is 5.92 Å². The summed E-state index contributed by atoms with van der Waals surface area (Å²) in [6.45, 7) is 6.55. The Morgan fingerprint density at radius 3 is 2.74 bits per heavy atom. The van der Waals surface area contributed by atoms with Gasteiger partial charge in [-0.3, -0.25) is 4.79 Å². The van der Waals surface area contributed by atoms with E-state index in [2.05, 4.69) is 21.2 Å². The minimum Gasteiger partial charge on any atom is -0.444 e. The molecule has 126 valence electrons. The van der Waals surface area contributed by atoms with Gasteiger partial charge in [0.2, 0.25) is 5.91 Å². The third-order valence-electron chi connectivity index (χ3n) is 3.54. The molecule has 1 unspecified atom stereocenters. The lowest BCUT2D eigenvalue weighted by atomic mass is 9.97. The number of likely N-dealkylation sites (tertiary alicyclic amines) is 1. The number of piperidine rings is 1. The molecule has 0 bridgehead atoms. The molecule has 1 aromatic carbocycles. The van der Waals surface area contributed by atoms with Crippen LogP contribution in [0.4, 0.5) is 10.5 Å². The molecule has 6 heteroatoms. The zero-order valence-electron chi connectivity index (χ0n) is 13.8. The van der Waals surface area contributed by atoms with E-state index in [0.29, 0.717) is 13.1 Å². The topological polar surface area (TPSA) is 58.6 Å². The van der Waals surface area contributed by atoms with E-state index in [-0.39, 0.29) is 17.9 Å². The first kappa shape index (κ1) is 17.8. The van der Waals surface area contributed by atoms with Gasteiger partial charge in [-0.05, 0) is 51.8 Å². The lowest BCUT2D eigenvalue weighted by Crippen LogP contribution is -2.45. The molecule has 1 fully saturated rings. The monoisotopic (exact) mass is 382 g/mol. The number of nitrogens with zero attached hydrogens (tertiary/aromatic N) is 1. The van der Waals surface area contributed by atoms with Gasteiger partial charge in [-0.25, -0.2) is 4.79 Å². The molecule has 1 atom stereocenters. The molecule has 1 aliphatic heterocycles. The van der Waals surface area contributed by atoms with Crippen LogP contribution in [0, 0.1) is 5.92 Å².